The number of nitrogens with two attached hydrogens (primary N) is 1. The average Bonchev–Trinajstić information content (AvgIpc) is 2.27. The van der Waals surface area contributed by atoms with Crippen LogP contribution in [0.5, 0.6) is 0 Å². The molecule has 0 radical (unpaired) electrons. The Labute approximate surface area is 88.2 Å². The molecule has 3 N–H and O–H groups in total. The SMILES string of the molecule is N[C@@H](C(=O)O)[C@@H]1C=Cc2ccccc2C1. The van der Waals surface area contributed by atoms with E-state index in [4.69, 9.17) is 10.8 Å². The second-order valence-corrected chi connectivity index (χ2v) is 3.79. The van der Waals surface area contributed by atoms with Gasteiger partial charge in [0.1, 0.15) is 6.04 Å². The van der Waals surface area contributed by atoms with E-state index in [1.807, 2.05) is 36.4 Å². The van der Waals surface area contributed by atoms with E-state index < -0.39 is 12.0 Å². The maximum absolute atomic E-state index is 10.8. The molecule has 0 unspecified atom stereocenters. The van der Waals surface area contributed by atoms with Gasteiger partial charge in [0.05, 0.1) is 0 Å². The maximum atomic E-state index is 10.8. The van der Waals surface area contributed by atoms with Crippen LogP contribution in [0, 0.1) is 5.92 Å². The Bertz CT molecular complexity index is 412. The molecule has 2 atom stereocenters. The first-order chi connectivity index (χ1) is 7.18. The van der Waals surface area contributed by atoms with Crippen LogP contribution in [-0.4, -0.2) is 17.1 Å². The second kappa shape index (κ2) is 3.87. The monoisotopic (exact) mass is 203 g/mol. The van der Waals surface area contributed by atoms with E-state index in [-0.39, 0.29) is 5.92 Å². The molecule has 3 heteroatoms. The Morgan fingerprint density at radius 1 is 1.47 bits per heavy atom. The summed E-state index contributed by atoms with van der Waals surface area (Å²) < 4.78 is 0. The fraction of sp³-hybridized carbons (Fsp3) is 0.250. The van der Waals surface area contributed by atoms with Crippen molar-refractivity contribution in [2.24, 2.45) is 11.7 Å². The van der Waals surface area contributed by atoms with Crippen molar-refractivity contribution in [1.82, 2.24) is 0 Å². The van der Waals surface area contributed by atoms with Crippen LogP contribution in [0.1, 0.15) is 11.1 Å². The van der Waals surface area contributed by atoms with Gasteiger partial charge in [0.15, 0.2) is 0 Å². The van der Waals surface area contributed by atoms with Crippen molar-refractivity contribution in [3.05, 3.63) is 41.5 Å². The van der Waals surface area contributed by atoms with Gasteiger partial charge in [-0.2, -0.15) is 0 Å². The second-order valence-electron chi connectivity index (χ2n) is 3.79. The molecule has 0 bridgehead atoms. The molecule has 1 aromatic rings. The summed E-state index contributed by atoms with van der Waals surface area (Å²) in [5.74, 6) is -1.04. The molecule has 0 aromatic heterocycles. The minimum atomic E-state index is -0.941. The molecule has 0 amide bonds. The third-order valence-corrected chi connectivity index (χ3v) is 2.78. The highest BCUT2D eigenvalue weighted by Gasteiger charge is 2.24. The minimum Gasteiger partial charge on any atom is -0.480 e. The average molecular weight is 203 g/mol. The number of benzene rings is 1. The van der Waals surface area contributed by atoms with Gasteiger partial charge < -0.3 is 10.8 Å². The van der Waals surface area contributed by atoms with Gasteiger partial charge in [-0.1, -0.05) is 36.4 Å². The summed E-state index contributed by atoms with van der Waals surface area (Å²) in [5.41, 5.74) is 7.92. The lowest BCUT2D eigenvalue weighted by Crippen LogP contribution is -2.38. The number of carbonyl (C=O) groups is 1. The predicted molar refractivity (Wildman–Crippen MR) is 58.3 cm³/mol. The topological polar surface area (TPSA) is 63.3 Å². The molecule has 15 heavy (non-hydrogen) atoms. The summed E-state index contributed by atoms with van der Waals surface area (Å²) >= 11 is 0. The van der Waals surface area contributed by atoms with Crippen LogP contribution in [0.2, 0.25) is 0 Å². The van der Waals surface area contributed by atoms with E-state index in [2.05, 4.69) is 0 Å². The van der Waals surface area contributed by atoms with Gasteiger partial charge in [-0.15, -0.1) is 0 Å². The molecule has 3 nitrogen and oxygen atoms in total. The van der Waals surface area contributed by atoms with Gasteiger partial charge in [0, 0.05) is 5.92 Å². The molecular weight excluding hydrogens is 190 g/mol. The Balaban J connectivity index is 2.22. The molecule has 0 aliphatic heterocycles. The van der Waals surface area contributed by atoms with Crippen molar-refractivity contribution in [3.8, 4) is 0 Å². The molecule has 78 valence electrons. The Kier molecular flexibility index (Phi) is 2.56. The number of carboxylic acids is 1. The van der Waals surface area contributed by atoms with Gasteiger partial charge >= 0.3 is 5.97 Å². The molecule has 1 aliphatic carbocycles. The van der Waals surface area contributed by atoms with Crippen molar-refractivity contribution in [2.45, 2.75) is 12.5 Å². The lowest BCUT2D eigenvalue weighted by Gasteiger charge is -2.22. The van der Waals surface area contributed by atoms with Crippen LogP contribution in [-0.2, 0) is 11.2 Å². The quantitative estimate of drug-likeness (QED) is 0.761. The van der Waals surface area contributed by atoms with Gasteiger partial charge in [-0.05, 0) is 17.5 Å². The van der Waals surface area contributed by atoms with Crippen molar-refractivity contribution < 1.29 is 9.90 Å². The minimum absolute atomic E-state index is 0.0996. The smallest absolute Gasteiger partial charge is 0.321 e. The van der Waals surface area contributed by atoms with Crippen molar-refractivity contribution in [2.75, 3.05) is 0 Å². The van der Waals surface area contributed by atoms with Crippen LogP contribution < -0.4 is 5.73 Å². The Morgan fingerprint density at radius 2 is 2.20 bits per heavy atom. The maximum Gasteiger partial charge on any atom is 0.321 e. The third kappa shape index (κ3) is 1.92. The van der Waals surface area contributed by atoms with Crippen LogP contribution >= 0.6 is 0 Å². The molecule has 2 rings (SSSR count). The fourth-order valence-corrected chi connectivity index (χ4v) is 1.86. The summed E-state index contributed by atoms with van der Waals surface area (Å²) in [7, 11) is 0. The Morgan fingerprint density at radius 3 is 2.93 bits per heavy atom. The van der Waals surface area contributed by atoms with E-state index in [1.54, 1.807) is 0 Å². The van der Waals surface area contributed by atoms with Gasteiger partial charge in [0.25, 0.3) is 0 Å². The highest BCUT2D eigenvalue weighted by molar-refractivity contribution is 5.74. The van der Waals surface area contributed by atoms with Gasteiger partial charge in [0.2, 0.25) is 0 Å². The van der Waals surface area contributed by atoms with Crippen molar-refractivity contribution in [3.63, 3.8) is 0 Å². The molecule has 1 aliphatic rings. The Hall–Kier alpha value is -1.61. The zero-order valence-corrected chi connectivity index (χ0v) is 8.26. The molecule has 0 saturated heterocycles. The highest BCUT2D eigenvalue weighted by Crippen LogP contribution is 2.24. The van der Waals surface area contributed by atoms with Gasteiger partial charge in [-0.25, -0.2) is 0 Å². The molecule has 0 fully saturated rings. The number of aliphatic carboxylic acids is 1. The largest absolute Gasteiger partial charge is 0.480 e. The highest BCUT2D eigenvalue weighted by atomic mass is 16.4. The van der Waals surface area contributed by atoms with Crippen LogP contribution in [0.3, 0.4) is 0 Å². The summed E-state index contributed by atoms with van der Waals surface area (Å²) in [4.78, 5) is 10.8. The number of hydrogen-bond donors (Lipinski definition) is 2. The van der Waals surface area contributed by atoms with Crippen LogP contribution in [0.25, 0.3) is 6.08 Å². The van der Waals surface area contributed by atoms with E-state index in [0.717, 1.165) is 5.56 Å². The zero-order valence-electron chi connectivity index (χ0n) is 8.26. The first-order valence-corrected chi connectivity index (χ1v) is 4.93. The molecular formula is C12H13NO2. The van der Waals surface area contributed by atoms with Crippen molar-refractivity contribution >= 4 is 12.0 Å². The van der Waals surface area contributed by atoms with E-state index in [1.165, 1.54) is 5.56 Å². The van der Waals surface area contributed by atoms with Crippen molar-refractivity contribution in [1.29, 1.82) is 0 Å². The third-order valence-electron chi connectivity index (χ3n) is 2.78. The summed E-state index contributed by atoms with van der Waals surface area (Å²) in [6, 6.07) is 7.16. The number of hydrogen-bond acceptors (Lipinski definition) is 2. The summed E-state index contributed by atoms with van der Waals surface area (Å²) in [6.07, 6.45) is 4.55. The number of fused-ring (bicyclic) bond motifs is 1. The lowest BCUT2D eigenvalue weighted by atomic mass is 9.85. The summed E-state index contributed by atoms with van der Waals surface area (Å²) in [6.45, 7) is 0. The van der Waals surface area contributed by atoms with E-state index in [0.29, 0.717) is 6.42 Å². The first-order valence-electron chi connectivity index (χ1n) is 4.93. The molecule has 0 saturated carbocycles. The first kappa shape index (κ1) is 9.93. The number of rotatable bonds is 2. The summed E-state index contributed by atoms with van der Waals surface area (Å²) in [5, 5.41) is 8.82. The van der Waals surface area contributed by atoms with Crippen LogP contribution in [0.15, 0.2) is 30.3 Å². The standard InChI is InChI=1S/C12H13NO2/c13-11(12(14)15)10-6-5-8-3-1-2-4-9(8)7-10/h1-6,10-11H,7,13H2,(H,14,15)/t10-,11-/m1/s1. The normalized spacial score (nSPS) is 20.7. The molecule has 1 aromatic carbocycles. The predicted octanol–water partition coefficient (Wildman–Crippen LogP) is 1.28. The van der Waals surface area contributed by atoms with Crippen LogP contribution in [0.4, 0.5) is 0 Å². The molecule has 0 spiro atoms. The zero-order chi connectivity index (χ0) is 10.8. The van der Waals surface area contributed by atoms with E-state index >= 15 is 0 Å². The fourth-order valence-electron chi connectivity index (χ4n) is 1.86. The molecule has 0 heterocycles. The number of carboxylic acid groups (broad SMARTS) is 1. The van der Waals surface area contributed by atoms with E-state index in [9.17, 15) is 4.79 Å². The lowest BCUT2D eigenvalue weighted by molar-refractivity contribution is -0.139. The van der Waals surface area contributed by atoms with Gasteiger partial charge in [-0.3, -0.25) is 4.79 Å².